The molecule has 10 heteroatoms. The van der Waals surface area contributed by atoms with Crippen LogP contribution in [0, 0.1) is 5.92 Å². The summed E-state index contributed by atoms with van der Waals surface area (Å²) in [5.41, 5.74) is 6.99. The summed E-state index contributed by atoms with van der Waals surface area (Å²) in [5.74, 6) is -0.503. The van der Waals surface area contributed by atoms with Crippen LogP contribution >= 0.6 is 11.3 Å². The van der Waals surface area contributed by atoms with Crippen molar-refractivity contribution in [2.45, 2.75) is 32.5 Å². The number of ether oxygens (including phenoxy) is 1. The van der Waals surface area contributed by atoms with E-state index in [1.165, 1.54) is 23.5 Å². The highest BCUT2D eigenvalue weighted by Gasteiger charge is 2.31. The number of nitrogens with two attached hydrogens (primary N) is 1. The van der Waals surface area contributed by atoms with Crippen LogP contribution in [0.3, 0.4) is 0 Å². The summed E-state index contributed by atoms with van der Waals surface area (Å²) in [6, 6.07) is 4.10. The number of alkyl halides is 3. The Balaban J connectivity index is 1.71. The number of urea groups is 1. The molecule has 2 aromatic rings. The van der Waals surface area contributed by atoms with E-state index in [-0.39, 0.29) is 5.69 Å². The van der Waals surface area contributed by atoms with E-state index in [0.29, 0.717) is 16.5 Å². The van der Waals surface area contributed by atoms with Gasteiger partial charge in [-0.3, -0.25) is 10.1 Å². The maximum Gasteiger partial charge on any atom is 0.573 e. The molecule has 0 bridgehead atoms. The summed E-state index contributed by atoms with van der Waals surface area (Å²) in [7, 11) is 0. The third kappa shape index (κ3) is 4.75. The SMILES string of the molecule is CC1CCc2c(sc(NC(=O)Nc3ccc(OC(F)(F)F)cc3)c2C(N)=O)C1. The molecule has 0 saturated heterocycles. The standard InChI is InChI=1S/C18H18F3N3O3S/c1-9-2-7-12-13(8-9)28-16(14(12)15(22)25)24-17(26)23-10-3-5-11(6-4-10)27-18(19,20)21/h3-6,9H,2,7-8H2,1H3,(H2,22,25)(H2,23,24,26). The minimum Gasteiger partial charge on any atom is -0.406 e. The molecule has 1 unspecified atom stereocenters. The van der Waals surface area contributed by atoms with E-state index in [4.69, 9.17) is 5.73 Å². The summed E-state index contributed by atoms with van der Waals surface area (Å²) < 4.78 is 40.3. The fraction of sp³-hybridized carbons (Fsp3) is 0.333. The maximum absolute atomic E-state index is 12.3. The molecule has 3 amide bonds. The van der Waals surface area contributed by atoms with Crippen molar-refractivity contribution in [2.24, 2.45) is 11.7 Å². The van der Waals surface area contributed by atoms with Crippen LogP contribution in [0.1, 0.15) is 34.1 Å². The van der Waals surface area contributed by atoms with E-state index < -0.39 is 24.1 Å². The summed E-state index contributed by atoms with van der Waals surface area (Å²) in [4.78, 5) is 25.2. The lowest BCUT2D eigenvalue weighted by molar-refractivity contribution is -0.274. The van der Waals surface area contributed by atoms with Gasteiger partial charge in [-0.25, -0.2) is 4.79 Å². The van der Waals surface area contributed by atoms with Crippen molar-refractivity contribution in [1.29, 1.82) is 0 Å². The number of thiophene rings is 1. The predicted molar refractivity (Wildman–Crippen MR) is 99.8 cm³/mol. The van der Waals surface area contributed by atoms with Gasteiger partial charge < -0.3 is 15.8 Å². The van der Waals surface area contributed by atoms with Crippen molar-refractivity contribution in [1.82, 2.24) is 0 Å². The van der Waals surface area contributed by atoms with Crippen molar-refractivity contribution in [2.75, 3.05) is 10.6 Å². The van der Waals surface area contributed by atoms with Crippen LogP contribution < -0.4 is 21.1 Å². The number of carbonyl (C=O) groups is 2. The first kappa shape index (κ1) is 20.0. The Labute approximate surface area is 162 Å². The van der Waals surface area contributed by atoms with Crippen LogP contribution in [-0.2, 0) is 12.8 Å². The molecule has 1 atom stereocenters. The molecule has 28 heavy (non-hydrogen) atoms. The molecule has 1 aromatic heterocycles. The fourth-order valence-electron chi connectivity index (χ4n) is 3.10. The highest BCUT2D eigenvalue weighted by atomic mass is 32.1. The Morgan fingerprint density at radius 3 is 2.50 bits per heavy atom. The first-order valence-corrected chi connectivity index (χ1v) is 9.32. The second-order valence-electron chi connectivity index (χ2n) is 6.57. The molecule has 1 aliphatic carbocycles. The third-order valence-corrected chi connectivity index (χ3v) is 5.50. The van der Waals surface area contributed by atoms with Gasteiger partial charge in [0.2, 0.25) is 0 Å². The lowest BCUT2D eigenvalue weighted by Gasteiger charge is -2.18. The van der Waals surface area contributed by atoms with Gasteiger partial charge in [-0.2, -0.15) is 0 Å². The van der Waals surface area contributed by atoms with Crippen molar-refractivity contribution in [3.63, 3.8) is 0 Å². The summed E-state index contributed by atoms with van der Waals surface area (Å²) >= 11 is 1.32. The number of primary amides is 1. The minimum absolute atomic E-state index is 0.266. The number of hydrogen-bond donors (Lipinski definition) is 3. The number of hydrogen-bond acceptors (Lipinski definition) is 4. The molecular formula is C18H18F3N3O3S. The topological polar surface area (TPSA) is 93.4 Å². The quantitative estimate of drug-likeness (QED) is 0.688. The first-order valence-electron chi connectivity index (χ1n) is 8.50. The van der Waals surface area contributed by atoms with E-state index in [0.717, 1.165) is 41.8 Å². The van der Waals surface area contributed by atoms with Crippen LogP contribution in [0.4, 0.5) is 28.7 Å². The van der Waals surface area contributed by atoms with Gasteiger partial charge in [-0.15, -0.1) is 24.5 Å². The van der Waals surface area contributed by atoms with E-state index in [1.54, 1.807) is 0 Å². The molecule has 0 fully saturated rings. The Morgan fingerprint density at radius 1 is 1.21 bits per heavy atom. The Bertz CT molecular complexity index is 894. The lowest BCUT2D eigenvalue weighted by Crippen LogP contribution is -2.22. The number of carbonyl (C=O) groups excluding carboxylic acids is 2. The number of amides is 3. The van der Waals surface area contributed by atoms with E-state index in [9.17, 15) is 22.8 Å². The van der Waals surface area contributed by atoms with Crippen molar-refractivity contribution >= 4 is 34.0 Å². The average molecular weight is 413 g/mol. The molecule has 150 valence electrons. The number of anilines is 2. The smallest absolute Gasteiger partial charge is 0.406 e. The second-order valence-corrected chi connectivity index (χ2v) is 7.68. The Kier molecular flexibility index (Phi) is 5.50. The van der Waals surface area contributed by atoms with E-state index in [2.05, 4.69) is 22.3 Å². The molecule has 3 rings (SSSR count). The number of fused-ring (bicyclic) bond motifs is 1. The zero-order chi connectivity index (χ0) is 20.5. The molecule has 1 aliphatic rings. The van der Waals surface area contributed by atoms with Crippen LogP contribution in [0.25, 0.3) is 0 Å². The van der Waals surface area contributed by atoms with E-state index in [1.807, 2.05) is 0 Å². The highest BCUT2D eigenvalue weighted by molar-refractivity contribution is 7.17. The molecule has 0 radical (unpaired) electrons. The molecule has 4 N–H and O–H groups in total. The van der Waals surface area contributed by atoms with Crippen LogP contribution in [0.15, 0.2) is 24.3 Å². The maximum atomic E-state index is 12.3. The number of rotatable bonds is 4. The number of benzene rings is 1. The van der Waals surface area contributed by atoms with E-state index >= 15 is 0 Å². The molecule has 1 heterocycles. The molecule has 0 spiro atoms. The zero-order valence-electron chi connectivity index (χ0n) is 14.9. The predicted octanol–water partition coefficient (Wildman–Crippen LogP) is 4.51. The van der Waals surface area contributed by atoms with Gasteiger partial charge >= 0.3 is 12.4 Å². The molecule has 6 nitrogen and oxygen atoms in total. The van der Waals surface area contributed by atoms with Gasteiger partial charge in [0.25, 0.3) is 5.91 Å². The van der Waals surface area contributed by atoms with Gasteiger partial charge in [0.05, 0.1) is 5.56 Å². The summed E-state index contributed by atoms with van der Waals surface area (Å²) in [6.45, 7) is 2.12. The molecular weight excluding hydrogens is 395 g/mol. The molecule has 0 saturated carbocycles. The van der Waals surface area contributed by atoms with Crippen molar-refractivity contribution in [3.05, 3.63) is 40.3 Å². The molecule has 1 aromatic carbocycles. The van der Waals surface area contributed by atoms with Gasteiger partial charge in [0.1, 0.15) is 10.8 Å². The Morgan fingerprint density at radius 2 is 1.89 bits per heavy atom. The lowest BCUT2D eigenvalue weighted by atomic mass is 9.88. The number of nitrogens with one attached hydrogen (secondary N) is 2. The number of halogens is 3. The normalized spacial score (nSPS) is 16.2. The highest BCUT2D eigenvalue weighted by Crippen LogP contribution is 2.39. The van der Waals surface area contributed by atoms with Gasteiger partial charge in [-0.05, 0) is 55.0 Å². The van der Waals surface area contributed by atoms with Crippen LogP contribution in [-0.4, -0.2) is 18.3 Å². The van der Waals surface area contributed by atoms with Gasteiger partial charge in [0, 0.05) is 10.6 Å². The molecule has 0 aliphatic heterocycles. The van der Waals surface area contributed by atoms with Crippen LogP contribution in [0.2, 0.25) is 0 Å². The largest absolute Gasteiger partial charge is 0.573 e. The monoisotopic (exact) mass is 413 g/mol. The van der Waals surface area contributed by atoms with Gasteiger partial charge in [-0.1, -0.05) is 6.92 Å². The second kappa shape index (κ2) is 7.70. The summed E-state index contributed by atoms with van der Waals surface area (Å²) in [6.07, 6.45) is -2.28. The Hall–Kier alpha value is -2.75. The zero-order valence-corrected chi connectivity index (χ0v) is 15.7. The van der Waals surface area contributed by atoms with Gasteiger partial charge in [0.15, 0.2) is 0 Å². The average Bonchev–Trinajstić information content (AvgIpc) is 2.92. The first-order chi connectivity index (χ1) is 13.1. The minimum atomic E-state index is -4.78. The van der Waals surface area contributed by atoms with Crippen molar-refractivity contribution < 1.29 is 27.5 Å². The third-order valence-electron chi connectivity index (χ3n) is 4.33. The summed E-state index contributed by atoms with van der Waals surface area (Å²) in [5, 5.41) is 5.50. The van der Waals surface area contributed by atoms with Crippen LogP contribution in [0.5, 0.6) is 5.75 Å². The fourth-order valence-corrected chi connectivity index (χ4v) is 4.52. The van der Waals surface area contributed by atoms with Crippen molar-refractivity contribution in [3.8, 4) is 5.75 Å².